The predicted molar refractivity (Wildman–Crippen MR) is 112 cm³/mol. The first-order chi connectivity index (χ1) is 14.0. The molecule has 1 amide bonds. The normalized spacial score (nSPS) is 24.9. The van der Waals surface area contributed by atoms with Crippen LogP contribution in [0.1, 0.15) is 24.4 Å². The fourth-order valence-corrected chi connectivity index (χ4v) is 4.08. The number of carbonyl (C=O) groups excluding carboxylic acids is 1. The molecule has 6 nitrogen and oxygen atoms in total. The molecule has 1 unspecified atom stereocenters. The molecule has 2 aliphatic carbocycles. The van der Waals surface area contributed by atoms with Crippen molar-refractivity contribution in [2.24, 2.45) is 17.3 Å². The first-order valence-corrected chi connectivity index (χ1v) is 10.0. The van der Waals surface area contributed by atoms with Crippen molar-refractivity contribution < 1.29 is 9.53 Å². The number of hydrogen-bond donors (Lipinski definition) is 1. The van der Waals surface area contributed by atoms with Gasteiger partial charge in [-0.1, -0.05) is 35.9 Å². The number of carbonyl (C=O) groups is 1. The number of hydrogen-bond acceptors (Lipinski definition) is 5. The minimum atomic E-state index is -0.247. The molecule has 2 aromatic heterocycles. The molecule has 4 rings (SSSR count). The Balaban J connectivity index is 1.50. The van der Waals surface area contributed by atoms with Crippen molar-refractivity contribution in [2.45, 2.75) is 26.7 Å². The summed E-state index contributed by atoms with van der Waals surface area (Å²) in [7, 11) is 0. The highest BCUT2D eigenvalue weighted by molar-refractivity contribution is 6.29. The van der Waals surface area contributed by atoms with E-state index in [1.807, 2.05) is 26.0 Å². The average Bonchev–Trinajstić information content (AvgIpc) is 3.46. The topological polar surface area (TPSA) is 77.0 Å². The fraction of sp³-hybridized carbons (Fsp3) is 0.364. The molecule has 2 aliphatic rings. The lowest BCUT2D eigenvalue weighted by atomic mass is 9.82. The van der Waals surface area contributed by atoms with Gasteiger partial charge in [-0.3, -0.25) is 4.79 Å². The summed E-state index contributed by atoms with van der Waals surface area (Å²) in [6.45, 7) is 4.20. The van der Waals surface area contributed by atoms with Gasteiger partial charge in [0, 0.05) is 11.3 Å². The summed E-state index contributed by atoms with van der Waals surface area (Å²) < 4.78 is 6.13. The summed E-state index contributed by atoms with van der Waals surface area (Å²) in [6, 6.07) is 3.42. The molecule has 29 heavy (non-hydrogen) atoms. The summed E-state index contributed by atoms with van der Waals surface area (Å²) in [5, 5.41) is 3.35. The van der Waals surface area contributed by atoms with Crippen LogP contribution in [0.25, 0.3) is 0 Å². The molecular weight excluding hydrogens is 388 g/mol. The van der Waals surface area contributed by atoms with E-state index in [-0.39, 0.29) is 23.2 Å². The maximum atomic E-state index is 12.9. The van der Waals surface area contributed by atoms with Gasteiger partial charge < -0.3 is 10.1 Å². The van der Waals surface area contributed by atoms with Gasteiger partial charge in [0.05, 0.1) is 30.4 Å². The molecule has 0 saturated heterocycles. The van der Waals surface area contributed by atoms with Crippen molar-refractivity contribution in [1.29, 1.82) is 0 Å². The lowest BCUT2D eigenvalue weighted by molar-refractivity contribution is -0.118. The molecular formula is C22H23ClN4O2. The molecule has 1 N–H and O–H groups in total. The standard InChI is InChI=1S/C22H23ClN4O2/c1-14-19(12-24-15(2)26-14)29-13-22(16-6-4-3-5-7-16)10-18(22)21(28)27-17-8-9-20(23)25-11-17/h3-6,8-9,11-12,16,18H,7,10,13H2,1-2H3,(H,27,28)/t16?,18-,22+/m0/s1. The van der Waals surface area contributed by atoms with Crippen LogP contribution in [0.4, 0.5) is 5.69 Å². The molecule has 0 aliphatic heterocycles. The first kappa shape index (κ1) is 19.6. The Hall–Kier alpha value is -2.73. The molecule has 0 radical (unpaired) electrons. The number of nitrogens with zero attached hydrogens (tertiary/aromatic N) is 3. The third-order valence-electron chi connectivity index (χ3n) is 5.70. The Morgan fingerprint density at radius 3 is 2.83 bits per heavy atom. The quantitative estimate of drug-likeness (QED) is 0.718. The third kappa shape index (κ3) is 4.17. The monoisotopic (exact) mass is 410 g/mol. The SMILES string of the molecule is Cc1ncc(OC[C@@]2(C3C=CC=CC3)C[C@H]2C(=O)Nc2ccc(Cl)nc2)c(C)n1. The third-order valence-corrected chi connectivity index (χ3v) is 5.92. The number of amides is 1. The van der Waals surface area contributed by atoms with E-state index in [1.54, 1.807) is 24.5 Å². The molecule has 0 spiro atoms. The van der Waals surface area contributed by atoms with E-state index in [4.69, 9.17) is 16.3 Å². The lowest BCUT2D eigenvalue weighted by Gasteiger charge is -2.26. The van der Waals surface area contributed by atoms with Crippen LogP contribution in [0.2, 0.25) is 5.15 Å². The van der Waals surface area contributed by atoms with E-state index >= 15 is 0 Å². The first-order valence-electron chi connectivity index (χ1n) is 9.67. The predicted octanol–water partition coefficient (Wildman–Crippen LogP) is 4.30. The number of halogens is 1. The number of nitrogens with one attached hydrogen (secondary N) is 1. The average molecular weight is 411 g/mol. The van der Waals surface area contributed by atoms with Gasteiger partial charge in [-0.15, -0.1) is 0 Å². The molecule has 0 aromatic carbocycles. The van der Waals surface area contributed by atoms with Crippen LogP contribution < -0.4 is 10.1 Å². The molecule has 3 atom stereocenters. The van der Waals surface area contributed by atoms with Gasteiger partial charge in [0.2, 0.25) is 5.91 Å². The van der Waals surface area contributed by atoms with E-state index in [1.165, 1.54) is 0 Å². The number of allylic oxidation sites excluding steroid dienone is 4. The molecule has 1 fully saturated rings. The highest BCUT2D eigenvalue weighted by atomic mass is 35.5. The van der Waals surface area contributed by atoms with Crippen LogP contribution in [0, 0.1) is 31.1 Å². The number of anilines is 1. The lowest BCUT2D eigenvalue weighted by Crippen LogP contribution is -2.29. The second-order valence-electron chi connectivity index (χ2n) is 7.66. The zero-order valence-electron chi connectivity index (χ0n) is 16.4. The molecule has 2 aromatic rings. The summed E-state index contributed by atoms with van der Waals surface area (Å²) >= 11 is 5.83. The summed E-state index contributed by atoms with van der Waals surface area (Å²) in [4.78, 5) is 25.6. The van der Waals surface area contributed by atoms with Crippen LogP contribution in [-0.2, 0) is 4.79 Å². The Kier molecular flexibility index (Phi) is 5.37. The van der Waals surface area contributed by atoms with Crippen molar-refractivity contribution >= 4 is 23.2 Å². The van der Waals surface area contributed by atoms with Crippen molar-refractivity contribution in [3.63, 3.8) is 0 Å². The zero-order valence-corrected chi connectivity index (χ0v) is 17.2. The smallest absolute Gasteiger partial charge is 0.228 e. The number of pyridine rings is 1. The maximum Gasteiger partial charge on any atom is 0.228 e. The minimum Gasteiger partial charge on any atom is -0.489 e. The van der Waals surface area contributed by atoms with Crippen LogP contribution in [0.15, 0.2) is 48.8 Å². The van der Waals surface area contributed by atoms with E-state index < -0.39 is 0 Å². The van der Waals surface area contributed by atoms with Crippen LogP contribution >= 0.6 is 11.6 Å². The van der Waals surface area contributed by atoms with Gasteiger partial charge in [-0.2, -0.15) is 0 Å². The van der Waals surface area contributed by atoms with E-state index in [0.29, 0.717) is 29.0 Å². The van der Waals surface area contributed by atoms with Gasteiger partial charge in [0.1, 0.15) is 11.0 Å². The van der Waals surface area contributed by atoms with Crippen molar-refractivity contribution in [2.75, 3.05) is 11.9 Å². The van der Waals surface area contributed by atoms with Crippen molar-refractivity contribution in [3.05, 3.63) is 65.5 Å². The Bertz CT molecular complexity index is 973. The van der Waals surface area contributed by atoms with Gasteiger partial charge >= 0.3 is 0 Å². The highest BCUT2D eigenvalue weighted by Crippen LogP contribution is 2.60. The van der Waals surface area contributed by atoms with Crippen LogP contribution in [0.5, 0.6) is 5.75 Å². The molecule has 2 heterocycles. The number of ether oxygens (including phenoxy) is 1. The maximum absolute atomic E-state index is 12.9. The van der Waals surface area contributed by atoms with Crippen molar-refractivity contribution in [3.8, 4) is 5.75 Å². The van der Waals surface area contributed by atoms with E-state index in [2.05, 4.69) is 32.4 Å². The Morgan fingerprint density at radius 2 is 2.14 bits per heavy atom. The molecule has 0 bridgehead atoms. The Morgan fingerprint density at radius 1 is 1.28 bits per heavy atom. The zero-order chi connectivity index (χ0) is 20.4. The molecule has 150 valence electrons. The van der Waals surface area contributed by atoms with Gasteiger partial charge in [-0.05, 0) is 44.7 Å². The molecule has 7 heteroatoms. The number of aromatic nitrogens is 3. The number of rotatable bonds is 6. The molecule has 1 saturated carbocycles. The van der Waals surface area contributed by atoms with Gasteiger partial charge in [0.25, 0.3) is 0 Å². The second-order valence-corrected chi connectivity index (χ2v) is 8.05. The van der Waals surface area contributed by atoms with E-state index in [9.17, 15) is 4.79 Å². The van der Waals surface area contributed by atoms with Gasteiger partial charge in [-0.25, -0.2) is 15.0 Å². The largest absolute Gasteiger partial charge is 0.489 e. The van der Waals surface area contributed by atoms with E-state index in [0.717, 1.165) is 18.5 Å². The highest BCUT2D eigenvalue weighted by Gasteiger charge is 2.62. The summed E-state index contributed by atoms with van der Waals surface area (Å²) in [5.41, 5.74) is 1.20. The summed E-state index contributed by atoms with van der Waals surface area (Å²) in [6.07, 6.45) is 13.4. The van der Waals surface area contributed by atoms with Crippen molar-refractivity contribution in [1.82, 2.24) is 15.0 Å². The fourth-order valence-electron chi connectivity index (χ4n) is 3.96. The Labute approximate surface area is 175 Å². The van der Waals surface area contributed by atoms with Gasteiger partial charge in [0.15, 0.2) is 5.75 Å². The summed E-state index contributed by atoms with van der Waals surface area (Å²) in [5.74, 6) is 1.48. The second kappa shape index (κ2) is 7.95. The van der Waals surface area contributed by atoms with Crippen LogP contribution in [0.3, 0.4) is 0 Å². The minimum absolute atomic E-state index is 0.0162. The van der Waals surface area contributed by atoms with Crippen LogP contribution in [-0.4, -0.2) is 27.5 Å². The number of aryl methyl sites for hydroxylation is 2.